The second kappa shape index (κ2) is 5.66. The molecular weight excluding hydrogens is 325 g/mol. The van der Waals surface area contributed by atoms with Crippen molar-refractivity contribution >= 4 is 22.8 Å². The molecule has 9 heteroatoms. The van der Waals surface area contributed by atoms with Crippen molar-refractivity contribution in [3.8, 4) is 0 Å². The lowest BCUT2D eigenvalue weighted by Gasteiger charge is -2.02. The van der Waals surface area contributed by atoms with Crippen LogP contribution in [0.3, 0.4) is 0 Å². The number of benzene rings is 1. The molecule has 2 heterocycles. The highest BCUT2D eigenvalue weighted by Crippen LogP contribution is 2.28. The maximum atomic E-state index is 12.4. The summed E-state index contributed by atoms with van der Waals surface area (Å²) in [6.45, 7) is 3.86. The van der Waals surface area contributed by atoms with Crippen molar-refractivity contribution in [2.24, 2.45) is 0 Å². The standard InChI is InChI=1S/C15H13F3N4O2/c1-7-3-4-10-9(6-24-12(10)8(7)2)5-11(23)19-14-20-13(21-22-14)15(16,17)18/h3-4,6H,5H2,1-2H3,(H2,19,20,21,22,23). The molecule has 0 unspecified atom stereocenters. The van der Waals surface area contributed by atoms with Gasteiger partial charge in [0.15, 0.2) is 0 Å². The summed E-state index contributed by atoms with van der Waals surface area (Å²) in [7, 11) is 0. The summed E-state index contributed by atoms with van der Waals surface area (Å²) in [6.07, 6.45) is -3.24. The Morgan fingerprint density at radius 3 is 2.75 bits per heavy atom. The number of alkyl halides is 3. The van der Waals surface area contributed by atoms with E-state index >= 15 is 0 Å². The van der Waals surface area contributed by atoms with Crippen LogP contribution in [0.5, 0.6) is 0 Å². The van der Waals surface area contributed by atoms with E-state index in [0.29, 0.717) is 11.1 Å². The van der Waals surface area contributed by atoms with E-state index < -0.39 is 23.9 Å². The van der Waals surface area contributed by atoms with Gasteiger partial charge in [0.2, 0.25) is 17.7 Å². The lowest BCUT2D eigenvalue weighted by Crippen LogP contribution is -2.15. The molecule has 0 aliphatic carbocycles. The Bertz CT molecular complexity index is 911. The Kier molecular flexibility index (Phi) is 3.78. The maximum absolute atomic E-state index is 12.4. The molecule has 1 aromatic carbocycles. The van der Waals surface area contributed by atoms with Gasteiger partial charge in [0.1, 0.15) is 5.58 Å². The minimum Gasteiger partial charge on any atom is -0.464 e. The van der Waals surface area contributed by atoms with Gasteiger partial charge >= 0.3 is 6.18 Å². The molecule has 0 aliphatic rings. The second-order valence-electron chi connectivity index (χ2n) is 5.38. The number of hydrogen-bond donors (Lipinski definition) is 2. The largest absolute Gasteiger partial charge is 0.464 e. The van der Waals surface area contributed by atoms with Gasteiger partial charge in [0, 0.05) is 10.9 Å². The zero-order valence-corrected chi connectivity index (χ0v) is 12.8. The number of fused-ring (bicyclic) bond motifs is 1. The molecule has 0 saturated carbocycles. The van der Waals surface area contributed by atoms with E-state index in [0.717, 1.165) is 16.5 Å². The van der Waals surface area contributed by atoms with Crippen LogP contribution in [0.25, 0.3) is 11.0 Å². The Labute approximate surface area is 134 Å². The normalized spacial score (nSPS) is 11.9. The van der Waals surface area contributed by atoms with Crippen LogP contribution in [0.15, 0.2) is 22.8 Å². The van der Waals surface area contributed by atoms with E-state index in [1.807, 2.05) is 26.0 Å². The van der Waals surface area contributed by atoms with Crippen molar-refractivity contribution in [1.82, 2.24) is 15.2 Å². The van der Waals surface area contributed by atoms with Crippen molar-refractivity contribution in [2.45, 2.75) is 26.4 Å². The molecule has 3 aromatic rings. The van der Waals surface area contributed by atoms with Crippen molar-refractivity contribution in [3.05, 3.63) is 40.9 Å². The number of carbonyl (C=O) groups excluding carboxylic acids is 1. The molecule has 0 radical (unpaired) electrons. The molecular formula is C15H13F3N4O2. The van der Waals surface area contributed by atoms with Gasteiger partial charge in [-0.25, -0.2) is 0 Å². The number of amides is 1. The number of aryl methyl sites for hydroxylation is 2. The Hall–Kier alpha value is -2.84. The number of anilines is 1. The average Bonchev–Trinajstić information content (AvgIpc) is 3.10. The van der Waals surface area contributed by atoms with Crippen molar-refractivity contribution in [1.29, 1.82) is 0 Å². The van der Waals surface area contributed by atoms with Crippen molar-refractivity contribution < 1.29 is 22.4 Å². The smallest absolute Gasteiger partial charge is 0.451 e. The van der Waals surface area contributed by atoms with Gasteiger partial charge in [0.25, 0.3) is 0 Å². The minimum atomic E-state index is -4.65. The van der Waals surface area contributed by atoms with Crippen molar-refractivity contribution in [2.75, 3.05) is 5.32 Å². The fourth-order valence-corrected chi connectivity index (χ4v) is 2.31. The summed E-state index contributed by atoms with van der Waals surface area (Å²) in [4.78, 5) is 15.2. The zero-order valence-electron chi connectivity index (χ0n) is 12.8. The Morgan fingerprint density at radius 1 is 1.33 bits per heavy atom. The quantitative estimate of drug-likeness (QED) is 0.767. The third kappa shape index (κ3) is 2.97. The molecule has 126 valence electrons. The molecule has 6 nitrogen and oxygen atoms in total. The molecule has 0 bridgehead atoms. The predicted molar refractivity (Wildman–Crippen MR) is 79.4 cm³/mol. The first-order valence-electron chi connectivity index (χ1n) is 7.01. The molecule has 0 atom stereocenters. The highest BCUT2D eigenvalue weighted by Gasteiger charge is 2.35. The Morgan fingerprint density at radius 2 is 2.08 bits per heavy atom. The van der Waals surface area contributed by atoms with E-state index in [2.05, 4.69) is 15.4 Å². The minimum absolute atomic E-state index is 0.0641. The number of nitrogens with one attached hydrogen (secondary N) is 2. The predicted octanol–water partition coefficient (Wildman–Crippen LogP) is 3.37. The third-order valence-corrected chi connectivity index (χ3v) is 3.70. The average molecular weight is 338 g/mol. The number of carbonyl (C=O) groups is 1. The van der Waals surface area contributed by atoms with Gasteiger partial charge in [-0.1, -0.05) is 12.1 Å². The summed E-state index contributed by atoms with van der Waals surface area (Å²) < 4.78 is 42.8. The molecule has 0 aliphatic heterocycles. The number of hydrogen-bond acceptors (Lipinski definition) is 4. The highest BCUT2D eigenvalue weighted by atomic mass is 19.4. The van der Waals surface area contributed by atoms with Crippen LogP contribution in [-0.2, 0) is 17.4 Å². The first-order chi connectivity index (χ1) is 11.3. The topological polar surface area (TPSA) is 83.8 Å². The van der Waals surface area contributed by atoms with Gasteiger partial charge in [-0.2, -0.15) is 18.2 Å². The Balaban J connectivity index is 1.76. The number of aromatic nitrogens is 3. The highest BCUT2D eigenvalue weighted by molar-refractivity contribution is 5.94. The molecule has 0 fully saturated rings. The number of H-pyrrole nitrogens is 1. The molecule has 2 N–H and O–H groups in total. The third-order valence-electron chi connectivity index (χ3n) is 3.70. The van der Waals surface area contributed by atoms with Crippen LogP contribution in [0.2, 0.25) is 0 Å². The molecule has 3 rings (SSSR count). The van der Waals surface area contributed by atoms with Gasteiger partial charge in [0.05, 0.1) is 12.7 Å². The number of halogens is 3. The number of rotatable bonds is 3. The van der Waals surface area contributed by atoms with Crippen LogP contribution in [-0.4, -0.2) is 21.1 Å². The first kappa shape index (κ1) is 16.0. The van der Waals surface area contributed by atoms with Crippen LogP contribution < -0.4 is 5.32 Å². The number of nitrogens with zero attached hydrogens (tertiary/aromatic N) is 2. The van der Waals surface area contributed by atoms with Crippen LogP contribution >= 0.6 is 0 Å². The van der Waals surface area contributed by atoms with Crippen molar-refractivity contribution in [3.63, 3.8) is 0 Å². The van der Waals surface area contributed by atoms with E-state index in [4.69, 9.17) is 4.42 Å². The van der Waals surface area contributed by atoms with Crippen LogP contribution in [0.1, 0.15) is 22.5 Å². The summed E-state index contributed by atoms with van der Waals surface area (Å²) >= 11 is 0. The van der Waals surface area contributed by atoms with Gasteiger partial charge in [-0.05, 0) is 25.0 Å². The van der Waals surface area contributed by atoms with Gasteiger partial charge in [-0.3, -0.25) is 15.2 Å². The fourth-order valence-electron chi connectivity index (χ4n) is 2.31. The monoisotopic (exact) mass is 338 g/mol. The van der Waals surface area contributed by atoms with E-state index in [1.165, 1.54) is 6.26 Å². The number of aromatic amines is 1. The first-order valence-corrected chi connectivity index (χ1v) is 7.01. The molecule has 0 spiro atoms. The van der Waals surface area contributed by atoms with Crippen LogP contribution in [0.4, 0.5) is 19.1 Å². The van der Waals surface area contributed by atoms with Gasteiger partial charge in [-0.15, -0.1) is 5.10 Å². The van der Waals surface area contributed by atoms with Crippen LogP contribution in [0, 0.1) is 13.8 Å². The molecule has 2 aromatic heterocycles. The summed E-state index contributed by atoms with van der Waals surface area (Å²) in [5.41, 5.74) is 3.36. The lowest BCUT2D eigenvalue weighted by atomic mass is 10.0. The maximum Gasteiger partial charge on any atom is 0.451 e. The second-order valence-corrected chi connectivity index (χ2v) is 5.38. The molecule has 0 saturated heterocycles. The summed E-state index contributed by atoms with van der Waals surface area (Å²) in [5.74, 6) is -2.23. The van der Waals surface area contributed by atoms with E-state index in [9.17, 15) is 18.0 Å². The fraction of sp³-hybridized carbons (Fsp3) is 0.267. The van der Waals surface area contributed by atoms with E-state index in [-0.39, 0.29) is 6.42 Å². The SMILES string of the molecule is Cc1ccc2c(CC(=O)Nc3n[nH]c(C(F)(F)F)n3)coc2c1C. The van der Waals surface area contributed by atoms with Gasteiger partial charge < -0.3 is 4.42 Å². The number of furan rings is 1. The van der Waals surface area contributed by atoms with E-state index in [1.54, 1.807) is 5.10 Å². The lowest BCUT2D eigenvalue weighted by molar-refractivity contribution is -0.144. The zero-order chi connectivity index (χ0) is 17.5. The molecule has 24 heavy (non-hydrogen) atoms. The molecule has 1 amide bonds. The summed E-state index contributed by atoms with van der Waals surface area (Å²) in [5, 5.41) is 8.08. The summed E-state index contributed by atoms with van der Waals surface area (Å²) in [6, 6.07) is 3.76.